The molecule has 0 aromatic carbocycles. The molecule has 0 spiro atoms. The fourth-order valence-electron chi connectivity index (χ4n) is 3.15. The second-order valence-electron chi connectivity index (χ2n) is 7.08. The van der Waals surface area contributed by atoms with Crippen LogP contribution in [0.2, 0.25) is 0 Å². The van der Waals surface area contributed by atoms with Crippen LogP contribution in [0.4, 0.5) is 0 Å². The van der Waals surface area contributed by atoms with Gasteiger partial charge in [0.15, 0.2) is 0 Å². The van der Waals surface area contributed by atoms with Gasteiger partial charge in [0, 0.05) is 26.2 Å². The van der Waals surface area contributed by atoms with Crippen molar-refractivity contribution in [3.63, 3.8) is 0 Å². The molecule has 0 amide bonds. The molecule has 1 aromatic heterocycles. The third kappa shape index (κ3) is 4.96. The van der Waals surface area contributed by atoms with Gasteiger partial charge in [-0.15, -0.1) is 0 Å². The van der Waals surface area contributed by atoms with E-state index in [9.17, 15) is 0 Å². The van der Waals surface area contributed by atoms with E-state index in [0.717, 1.165) is 37.6 Å². The third-order valence-corrected chi connectivity index (χ3v) is 4.73. The lowest BCUT2D eigenvalue weighted by molar-refractivity contribution is 0.322. The average Bonchev–Trinajstić information content (AvgIpc) is 3.30. The Labute approximate surface area is 150 Å². The maximum absolute atomic E-state index is 4.78. The van der Waals surface area contributed by atoms with Crippen LogP contribution in [0, 0.1) is 6.92 Å². The van der Waals surface area contributed by atoms with Crippen LogP contribution in [0.3, 0.4) is 0 Å². The quantitative estimate of drug-likeness (QED) is 0.717. The zero-order chi connectivity index (χ0) is 17.6. The number of hydrogen-bond acceptors (Lipinski definition) is 5. The first kappa shape index (κ1) is 17.8. The second kappa shape index (κ2) is 8.36. The van der Waals surface area contributed by atoms with E-state index in [-0.39, 0.29) is 12.1 Å². The summed E-state index contributed by atoms with van der Waals surface area (Å²) in [5, 5.41) is 21.7. The first-order valence-electron chi connectivity index (χ1n) is 9.42. The van der Waals surface area contributed by atoms with Gasteiger partial charge in [-0.1, -0.05) is 10.4 Å². The van der Waals surface area contributed by atoms with Crippen molar-refractivity contribution >= 4 is 0 Å². The summed E-state index contributed by atoms with van der Waals surface area (Å²) in [6.45, 7) is 10.2. The lowest BCUT2D eigenvalue weighted by Gasteiger charge is -2.14. The summed E-state index contributed by atoms with van der Waals surface area (Å²) < 4.78 is 0. The van der Waals surface area contributed by atoms with Crippen LogP contribution in [0.5, 0.6) is 0 Å². The van der Waals surface area contributed by atoms with E-state index >= 15 is 0 Å². The van der Waals surface area contributed by atoms with Gasteiger partial charge in [-0.05, 0) is 64.2 Å². The largest absolute Gasteiger partial charge is 0.279 e. The fourth-order valence-corrected chi connectivity index (χ4v) is 3.15. The highest BCUT2D eigenvalue weighted by atomic mass is 15.6. The van der Waals surface area contributed by atoms with E-state index in [4.69, 9.17) is 4.98 Å². The first-order chi connectivity index (χ1) is 12.1. The third-order valence-electron chi connectivity index (χ3n) is 4.73. The zero-order valence-electron chi connectivity index (χ0n) is 15.6. The van der Waals surface area contributed by atoms with Gasteiger partial charge in [-0.3, -0.25) is 15.0 Å². The Bertz CT molecular complexity index is 566. The highest BCUT2D eigenvalue weighted by Gasteiger charge is 2.15. The normalized spacial score (nSPS) is 20.9. The number of hydrogen-bond donors (Lipinski definition) is 0. The molecule has 0 bridgehead atoms. The van der Waals surface area contributed by atoms with Gasteiger partial charge in [-0.2, -0.15) is 10.2 Å². The SMILES string of the molecule is Cc1cc(C(C)N=NN2CCCC2)nc(C(C)N=NN2CCCC2)c1. The van der Waals surface area contributed by atoms with Crippen molar-refractivity contribution in [2.75, 3.05) is 26.2 Å². The maximum atomic E-state index is 4.78. The van der Waals surface area contributed by atoms with Gasteiger partial charge in [0.25, 0.3) is 0 Å². The van der Waals surface area contributed by atoms with Gasteiger partial charge >= 0.3 is 0 Å². The summed E-state index contributed by atoms with van der Waals surface area (Å²) in [6, 6.07) is 4.06. The van der Waals surface area contributed by atoms with Crippen LogP contribution in [-0.2, 0) is 0 Å². The number of nitrogens with zero attached hydrogens (tertiary/aromatic N) is 7. The van der Waals surface area contributed by atoms with E-state index in [2.05, 4.69) is 39.7 Å². The van der Waals surface area contributed by atoms with Crippen molar-refractivity contribution in [2.45, 2.75) is 58.5 Å². The smallest absolute Gasteiger partial charge is 0.112 e. The predicted octanol–water partition coefficient (Wildman–Crippen LogP) is 4.44. The van der Waals surface area contributed by atoms with Gasteiger partial charge in [0.2, 0.25) is 0 Å². The number of rotatable bonds is 6. The number of aryl methyl sites for hydroxylation is 1. The Morgan fingerprint density at radius 2 is 1.20 bits per heavy atom. The van der Waals surface area contributed by atoms with Crippen LogP contribution >= 0.6 is 0 Å². The van der Waals surface area contributed by atoms with Gasteiger partial charge in [0.05, 0.1) is 11.4 Å². The molecule has 2 fully saturated rings. The lowest BCUT2D eigenvalue weighted by atomic mass is 10.1. The van der Waals surface area contributed by atoms with Crippen LogP contribution < -0.4 is 0 Å². The Balaban J connectivity index is 1.68. The fraction of sp³-hybridized carbons (Fsp3) is 0.722. The molecule has 3 rings (SSSR count). The topological polar surface area (TPSA) is 68.8 Å². The monoisotopic (exact) mass is 343 g/mol. The van der Waals surface area contributed by atoms with E-state index in [1.54, 1.807) is 0 Å². The standard InChI is InChI=1S/C18H29N7/c1-14-12-17(15(2)20-22-24-8-4-5-9-24)19-18(13-14)16(3)21-23-25-10-6-7-11-25/h12-13,15-16H,4-11H2,1-3H3. The summed E-state index contributed by atoms with van der Waals surface area (Å²) in [7, 11) is 0. The molecule has 25 heavy (non-hydrogen) atoms. The van der Waals surface area contributed by atoms with Crippen molar-refractivity contribution < 1.29 is 0 Å². The summed E-state index contributed by atoms with van der Waals surface area (Å²) >= 11 is 0. The summed E-state index contributed by atoms with van der Waals surface area (Å²) in [5.74, 6) is 0. The van der Waals surface area contributed by atoms with Crippen molar-refractivity contribution in [1.29, 1.82) is 0 Å². The van der Waals surface area contributed by atoms with Crippen LogP contribution in [0.25, 0.3) is 0 Å². The van der Waals surface area contributed by atoms with Crippen molar-refractivity contribution in [3.05, 3.63) is 29.1 Å². The van der Waals surface area contributed by atoms with Crippen LogP contribution in [-0.4, -0.2) is 41.2 Å². The molecular weight excluding hydrogens is 314 g/mol. The summed E-state index contributed by atoms with van der Waals surface area (Å²) in [5.41, 5.74) is 3.06. The molecule has 2 saturated heterocycles. The second-order valence-corrected chi connectivity index (χ2v) is 7.08. The Morgan fingerprint density at radius 1 is 0.800 bits per heavy atom. The molecule has 2 aliphatic heterocycles. The minimum absolute atomic E-state index is 0.0537. The molecule has 1 aromatic rings. The summed E-state index contributed by atoms with van der Waals surface area (Å²) in [4.78, 5) is 4.78. The lowest BCUT2D eigenvalue weighted by Crippen LogP contribution is -2.11. The molecule has 0 radical (unpaired) electrons. The Morgan fingerprint density at radius 3 is 1.60 bits per heavy atom. The van der Waals surface area contributed by atoms with E-state index in [1.807, 2.05) is 23.9 Å². The van der Waals surface area contributed by atoms with Gasteiger partial charge in [0.1, 0.15) is 12.1 Å². The Kier molecular flexibility index (Phi) is 5.94. The molecule has 7 nitrogen and oxygen atoms in total. The predicted molar refractivity (Wildman–Crippen MR) is 97.1 cm³/mol. The highest BCUT2D eigenvalue weighted by Crippen LogP contribution is 2.23. The zero-order valence-corrected chi connectivity index (χ0v) is 15.6. The molecule has 136 valence electrons. The molecule has 2 unspecified atom stereocenters. The van der Waals surface area contributed by atoms with Crippen molar-refractivity contribution in [2.24, 2.45) is 20.7 Å². The molecule has 0 saturated carbocycles. The average molecular weight is 343 g/mol. The molecule has 2 aliphatic rings. The first-order valence-corrected chi connectivity index (χ1v) is 9.42. The highest BCUT2D eigenvalue weighted by molar-refractivity contribution is 5.23. The van der Waals surface area contributed by atoms with E-state index in [1.165, 1.54) is 31.2 Å². The number of aromatic nitrogens is 1. The van der Waals surface area contributed by atoms with Gasteiger partial charge < -0.3 is 0 Å². The van der Waals surface area contributed by atoms with Crippen molar-refractivity contribution in [1.82, 2.24) is 15.0 Å². The molecule has 2 atom stereocenters. The Hall–Kier alpha value is -2.05. The number of pyridine rings is 1. The molecule has 0 aliphatic carbocycles. The van der Waals surface area contributed by atoms with E-state index < -0.39 is 0 Å². The minimum atomic E-state index is -0.0537. The molecule has 0 N–H and O–H groups in total. The van der Waals surface area contributed by atoms with Crippen molar-refractivity contribution in [3.8, 4) is 0 Å². The molecular formula is C18H29N7. The van der Waals surface area contributed by atoms with Gasteiger partial charge in [-0.25, -0.2) is 0 Å². The molecule has 7 heteroatoms. The van der Waals surface area contributed by atoms with Crippen LogP contribution in [0.15, 0.2) is 32.8 Å². The minimum Gasteiger partial charge on any atom is -0.279 e. The summed E-state index contributed by atoms with van der Waals surface area (Å²) in [6.07, 6.45) is 4.83. The molecule has 3 heterocycles. The maximum Gasteiger partial charge on any atom is 0.112 e. The van der Waals surface area contributed by atoms with Crippen LogP contribution in [0.1, 0.15) is 68.6 Å². The van der Waals surface area contributed by atoms with E-state index in [0.29, 0.717) is 0 Å².